The Labute approximate surface area is 133 Å². The fraction of sp³-hybridized carbons (Fsp3) is 0.824. The van der Waals surface area contributed by atoms with Gasteiger partial charge in [0.25, 0.3) is 0 Å². The van der Waals surface area contributed by atoms with Crippen molar-refractivity contribution in [3.05, 3.63) is 11.6 Å². The van der Waals surface area contributed by atoms with Crippen LogP contribution in [0.2, 0.25) is 0 Å². The van der Waals surface area contributed by atoms with Crippen LogP contribution in [0.5, 0.6) is 0 Å². The first-order chi connectivity index (χ1) is 10.5. The Morgan fingerprint density at radius 3 is 2.14 bits per heavy atom. The summed E-state index contributed by atoms with van der Waals surface area (Å²) in [7, 11) is -3.43. The molecule has 2 aliphatic carbocycles. The first-order valence-electron chi connectivity index (χ1n) is 8.69. The number of hydrogen-bond donors (Lipinski definition) is 1. The predicted octanol–water partition coefficient (Wildman–Crippen LogP) is 3.09. The summed E-state index contributed by atoms with van der Waals surface area (Å²) in [6, 6.07) is 0. The molecule has 2 aliphatic rings. The van der Waals surface area contributed by atoms with Crippen LogP contribution in [-0.4, -0.2) is 23.2 Å². The number of rotatable bonds is 6. The van der Waals surface area contributed by atoms with Gasteiger partial charge >= 0.3 is 0 Å². The molecule has 0 saturated heterocycles. The molecule has 0 aliphatic heterocycles. The van der Waals surface area contributed by atoms with Gasteiger partial charge in [-0.2, -0.15) is 0 Å². The van der Waals surface area contributed by atoms with Gasteiger partial charge in [-0.05, 0) is 43.1 Å². The lowest BCUT2D eigenvalue weighted by Gasteiger charge is -2.25. The van der Waals surface area contributed by atoms with Gasteiger partial charge in [-0.3, -0.25) is 4.57 Å². The van der Waals surface area contributed by atoms with E-state index in [-0.39, 0.29) is 29.7 Å². The topological polar surface area (TPSA) is 77.4 Å². The van der Waals surface area contributed by atoms with E-state index in [9.17, 15) is 19.4 Å². The smallest absolute Gasteiger partial charge is 0.205 e. The standard InChI is InChI=1S/C17H29O4P/c18-17(19)16(11-14-7-3-1-4-8-14)13-22(20,21)12-15-9-5-2-6-10-15/h11,14-15H,1-10,12-13H2,(H,18,19)(H,20,21)/p-1/b16-11-. The molecule has 0 radical (unpaired) electrons. The predicted molar refractivity (Wildman–Crippen MR) is 85.8 cm³/mol. The number of hydrogen-bond acceptors (Lipinski definition) is 3. The molecule has 2 fully saturated rings. The molecule has 5 heteroatoms. The Morgan fingerprint density at radius 2 is 1.59 bits per heavy atom. The van der Waals surface area contributed by atoms with Crippen molar-refractivity contribution in [3.63, 3.8) is 0 Å². The highest BCUT2D eigenvalue weighted by Crippen LogP contribution is 2.47. The van der Waals surface area contributed by atoms with Crippen molar-refractivity contribution in [1.82, 2.24) is 0 Å². The normalized spacial score (nSPS) is 24.9. The highest BCUT2D eigenvalue weighted by molar-refractivity contribution is 7.58. The monoisotopic (exact) mass is 327 g/mol. The van der Waals surface area contributed by atoms with Gasteiger partial charge in [0.1, 0.15) is 0 Å². The van der Waals surface area contributed by atoms with Crippen LogP contribution in [-0.2, 0) is 9.36 Å². The molecule has 126 valence electrons. The highest BCUT2D eigenvalue weighted by Gasteiger charge is 2.27. The third-order valence-corrected chi connectivity index (χ3v) is 6.96. The third kappa shape index (κ3) is 5.89. The second-order valence-corrected chi connectivity index (χ2v) is 9.44. The highest BCUT2D eigenvalue weighted by atomic mass is 31.2. The largest absolute Gasteiger partial charge is 0.545 e. The van der Waals surface area contributed by atoms with E-state index in [0.29, 0.717) is 0 Å². The van der Waals surface area contributed by atoms with Gasteiger partial charge in [-0.15, -0.1) is 0 Å². The van der Waals surface area contributed by atoms with Crippen molar-refractivity contribution in [2.24, 2.45) is 11.8 Å². The molecule has 0 aromatic carbocycles. The van der Waals surface area contributed by atoms with E-state index in [1.165, 1.54) is 12.8 Å². The van der Waals surface area contributed by atoms with E-state index in [2.05, 4.69) is 0 Å². The minimum absolute atomic E-state index is 0.0496. The molecule has 1 atom stereocenters. The van der Waals surface area contributed by atoms with Crippen molar-refractivity contribution in [2.75, 3.05) is 12.3 Å². The second-order valence-electron chi connectivity index (χ2n) is 7.07. The molecular formula is C17H28O4P-. The van der Waals surface area contributed by atoms with Crippen LogP contribution >= 0.6 is 7.37 Å². The first kappa shape index (κ1) is 17.7. The number of carboxylic acid groups (broad SMARTS) is 1. The summed E-state index contributed by atoms with van der Waals surface area (Å²) in [6.45, 7) is 0. The number of carbonyl (C=O) groups excluding carboxylic acids is 1. The zero-order valence-electron chi connectivity index (χ0n) is 13.3. The van der Waals surface area contributed by atoms with Crippen molar-refractivity contribution in [3.8, 4) is 0 Å². The number of carbonyl (C=O) groups is 1. The number of aliphatic carboxylic acids is 1. The van der Waals surface area contributed by atoms with Gasteiger partial charge in [-0.25, -0.2) is 0 Å². The average molecular weight is 327 g/mol. The van der Waals surface area contributed by atoms with Gasteiger partial charge < -0.3 is 14.8 Å². The zero-order chi connectivity index (χ0) is 16.0. The van der Waals surface area contributed by atoms with E-state index in [0.717, 1.165) is 51.4 Å². The SMILES string of the molecule is O=C([O-])/C(=C\C1CCCCC1)CP(=O)(O)CC1CCCCC1. The number of carboxylic acids is 1. The summed E-state index contributed by atoms with van der Waals surface area (Å²) >= 11 is 0. The Hall–Kier alpha value is -0.600. The fourth-order valence-corrected chi connectivity index (χ4v) is 5.94. The van der Waals surface area contributed by atoms with Crippen LogP contribution in [0.3, 0.4) is 0 Å². The molecule has 0 amide bonds. The molecule has 0 heterocycles. The molecule has 0 spiro atoms. The van der Waals surface area contributed by atoms with Crippen molar-refractivity contribution >= 4 is 13.3 Å². The van der Waals surface area contributed by atoms with Crippen LogP contribution in [0.1, 0.15) is 64.2 Å². The van der Waals surface area contributed by atoms with E-state index >= 15 is 0 Å². The summed E-state index contributed by atoms with van der Waals surface area (Å²) in [5.41, 5.74) is 0.0496. The molecule has 2 saturated carbocycles. The van der Waals surface area contributed by atoms with Crippen LogP contribution in [0.4, 0.5) is 0 Å². The lowest BCUT2D eigenvalue weighted by Crippen LogP contribution is -2.27. The quantitative estimate of drug-likeness (QED) is 0.601. The van der Waals surface area contributed by atoms with Gasteiger partial charge in [-0.1, -0.05) is 44.6 Å². The molecule has 0 bridgehead atoms. The van der Waals surface area contributed by atoms with Crippen LogP contribution in [0.25, 0.3) is 0 Å². The molecule has 1 unspecified atom stereocenters. The Morgan fingerprint density at radius 1 is 1.05 bits per heavy atom. The zero-order valence-corrected chi connectivity index (χ0v) is 14.2. The maximum atomic E-state index is 12.5. The van der Waals surface area contributed by atoms with Gasteiger partial charge in [0.05, 0.1) is 12.1 Å². The molecule has 2 rings (SSSR count). The summed E-state index contributed by atoms with van der Waals surface area (Å²) in [6.07, 6.45) is 12.6. The lowest BCUT2D eigenvalue weighted by molar-refractivity contribution is -0.299. The van der Waals surface area contributed by atoms with Gasteiger partial charge in [0.2, 0.25) is 7.37 Å². The third-order valence-electron chi connectivity index (χ3n) is 5.03. The molecular weight excluding hydrogens is 299 g/mol. The van der Waals surface area contributed by atoms with E-state index in [1.807, 2.05) is 0 Å². The van der Waals surface area contributed by atoms with Crippen LogP contribution in [0, 0.1) is 11.8 Å². The minimum atomic E-state index is -3.43. The molecule has 22 heavy (non-hydrogen) atoms. The molecule has 4 nitrogen and oxygen atoms in total. The van der Waals surface area contributed by atoms with Crippen molar-refractivity contribution in [1.29, 1.82) is 0 Å². The van der Waals surface area contributed by atoms with Crippen molar-refractivity contribution in [2.45, 2.75) is 64.2 Å². The Bertz CT molecular complexity index is 446. The van der Waals surface area contributed by atoms with E-state index in [4.69, 9.17) is 0 Å². The van der Waals surface area contributed by atoms with Crippen molar-refractivity contribution < 1.29 is 19.4 Å². The summed E-state index contributed by atoms with van der Waals surface area (Å²) in [4.78, 5) is 21.6. The van der Waals surface area contributed by atoms with Gasteiger partial charge in [0, 0.05) is 6.16 Å². The molecule has 1 N–H and O–H groups in total. The summed E-state index contributed by atoms with van der Waals surface area (Å²) in [5, 5.41) is 11.3. The first-order valence-corrected chi connectivity index (χ1v) is 10.7. The van der Waals surface area contributed by atoms with Gasteiger partial charge in [0.15, 0.2) is 0 Å². The summed E-state index contributed by atoms with van der Waals surface area (Å²) in [5.74, 6) is -0.762. The lowest BCUT2D eigenvalue weighted by atomic mass is 9.88. The molecule has 0 aromatic rings. The second kappa shape index (κ2) is 8.31. The Kier molecular flexibility index (Phi) is 6.70. The van der Waals surface area contributed by atoms with E-state index in [1.54, 1.807) is 6.08 Å². The minimum Gasteiger partial charge on any atom is -0.545 e. The number of allylic oxidation sites excluding steroid dienone is 1. The maximum Gasteiger partial charge on any atom is 0.205 e. The average Bonchev–Trinajstić information content (AvgIpc) is 2.48. The fourth-order valence-electron chi connectivity index (χ4n) is 3.87. The molecule has 0 aromatic heterocycles. The van der Waals surface area contributed by atoms with Crippen LogP contribution in [0.15, 0.2) is 11.6 Å². The Balaban J connectivity index is 1.97. The van der Waals surface area contributed by atoms with Crippen LogP contribution < -0.4 is 5.11 Å². The summed E-state index contributed by atoms with van der Waals surface area (Å²) < 4.78 is 12.5. The maximum absolute atomic E-state index is 12.5. The van der Waals surface area contributed by atoms with E-state index < -0.39 is 13.3 Å².